The average molecular weight is 288 g/mol. The topological polar surface area (TPSA) is 111 Å². The summed E-state index contributed by atoms with van der Waals surface area (Å²) in [5.41, 5.74) is 6.04. The maximum atomic E-state index is 11.1. The Morgan fingerprint density at radius 3 is 3.00 bits per heavy atom. The van der Waals surface area contributed by atoms with Crippen molar-refractivity contribution < 1.29 is 19.4 Å². The van der Waals surface area contributed by atoms with Crippen LogP contribution in [0.3, 0.4) is 0 Å². The Kier molecular flexibility index (Phi) is 3.19. The largest absolute Gasteiger partial charge is 0.489 e. The molecule has 1 aromatic carbocycles. The third kappa shape index (κ3) is 2.64. The quantitative estimate of drug-likeness (QED) is 0.865. The lowest BCUT2D eigenvalue weighted by molar-refractivity contribution is 0.196. The maximum Gasteiger partial charge on any atom is 0.412 e. The molecule has 0 saturated carbocycles. The molecule has 2 aromatic rings. The number of carbonyl (C=O) groups is 1. The molecule has 0 fully saturated rings. The number of ether oxygens (including phenoxy) is 2. The number of fused-ring (bicyclic) bond motifs is 1. The van der Waals surface area contributed by atoms with Gasteiger partial charge in [-0.05, 0) is 12.1 Å². The molecule has 0 aliphatic carbocycles. The molecule has 108 valence electrons. The van der Waals surface area contributed by atoms with Crippen LogP contribution in [0.5, 0.6) is 17.4 Å². The Balaban J connectivity index is 1.87. The van der Waals surface area contributed by atoms with E-state index in [1.807, 2.05) is 0 Å². The summed E-state index contributed by atoms with van der Waals surface area (Å²) in [6.45, 7) is 0.591. The fourth-order valence-corrected chi connectivity index (χ4v) is 1.99. The summed E-state index contributed by atoms with van der Waals surface area (Å²) in [6.07, 6.45) is 0.280. The van der Waals surface area contributed by atoms with Gasteiger partial charge in [0, 0.05) is 12.1 Å². The Morgan fingerprint density at radius 2 is 2.24 bits per heavy atom. The number of amides is 1. The zero-order chi connectivity index (χ0) is 14.8. The van der Waals surface area contributed by atoms with E-state index in [0.717, 1.165) is 0 Å². The summed E-state index contributed by atoms with van der Waals surface area (Å²) in [5, 5.41) is 9.13. The summed E-state index contributed by atoms with van der Waals surface area (Å²) >= 11 is 0. The second kappa shape index (κ2) is 5.16. The molecule has 0 bridgehead atoms. The molecule has 1 aromatic heterocycles. The van der Waals surface area contributed by atoms with Gasteiger partial charge in [0.05, 0.1) is 12.2 Å². The van der Waals surface area contributed by atoms with Crippen molar-refractivity contribution in [2.75, 3.05) is 23.8 Å². The minimum absolute atomic E-state index is 0.295. The van der Waals surface area contributed by atoms with E-state index < -0.39 is 6.09 Å². The lowest BCUT2D eigenvalue weighted by atomic mass is 10.2. The van der Waals surface area contributed by atoms with Gasteiger partial charge in [0.25, 0.3) is 0 Å². The van der Waals surface area contributed by atoms with E-state index >= 15 is 0 Å². The van der Waals surface area contributed by atoms with Crippen molar-refractivity contribution >= 4 is 17.6 Å². The van der Waals surface area contributed by atoms with E-state index in [0.29, 0.717) is 42.0 Å². The van der Waals surface area contributed by atoms with Crippen molar-refractivity contribution in [2.45, 2.75) is 0 Å². The van der Waals surface area contributed by atoms with Crippen molar-refractivity contribution in [3.63, 3.8) is 0 Å². The van der Waals surface area contributed by atoms with Crippen LogP contribution in [0.4, 0.5) is 16.3 Å². The van der Waals surface area contributed by atoms with Crippen molar-refractivity contribution in [1.82, 2.24) is 9.97 Å². The van der Waals surface area contributed by atoms with Gasteiger partial charge in [0.2, 0.25) is 5.88 Å². The number of anilines is 2. The number of nitrogens with two attached hydrogens (primary N) is 1. The molecule has 2 heterocycles. The molecule has 8 heteroatoms. The molecule has 0 saturated heterocycles. The van der Waals surface area contributed by atoms with E-state index in [4.69, 9.17) is 20.3 Å². The van der Waals surface area contributed by atoms with Crippen molar-refractivity contribution in [3.05, 3.63) is 30.6 Å². The molecule has 0 unspecified atom stereocenters. The molecule has 1 amide bonds. The number of aromatic nitrogens is 2. The monoisotopic (exact) mass is 288 g/mol. The molecule has 3 rings (SSSR count). The first-order valence-corrected chi connectivity index (χ1v) is 6.16. The zero-order valence-corrected chi connectivity index (χ0v) is 10.9. The molecule has 3 N–H and O–H groups in total. The number of carboxylic acid groups (broad SMARTS) is 1. The third-order valence-corrected chi connectivity index (χ3v) is 2.91. The number of nitrogens with zero attached hydrogens (tertiary/aromatic N) is 3. The summed E-state index contributed by atoms with van der Waals surface area (Å²) in [7, 11) is 0. The van der Waals surface area contributed by atoms with Crippen LogP contribution < -0.4 is 20.1 Å². The first-order valence-electron chi connectivity index (χ1n) is 6.16. The minimum atomic E-state index is -1.02. The first kappa shape index (κ1) is 13.0. The highest BCUT2D eigenvalue weighted by molar-refractivity contribution is 5.89. The smallest absolute Gasteiger partial charge is 0.412 e. The molecular formula is C13H12N4O4. The molecular weight excluding hydrogens is 276 g/mol. The number of hydrogen-bond donors (Lipinski definition) is 2. The summed E-state index contributed by atoms with van der Waals surface area (Å²) in [6, 6.07) is 6.37. The summed E-state index contributed by atoms with van der Waals surface area (Å²) < 4.78 is 11.0. The van der Waals surface area contributed by atoms with Gasteiger partial charge in [0.1, 0.15) is 30.3 Å². The predicted octanol–water partition coefficient (Wildman–Crippen LogP) is 1.73. The van der Waals surface area contributed by atoms with Crippen LogP contribution in [0.25, 0.3) is 0 Å². The van der Waals surface area contributed by atoms with Crippen molar-refractivity contribution in [2.24, 2.45) is 0 Å². The highest BCUT2D eigenvalue weighted by atomic mass is 16.5. The molecule has 21 heavy (non-hydrogen) atoms. The maximum absolute atomic E-state index is 11.1. The molecule has 1 aliphatic heterocycles. The lowest BCUT2D eigenvalue weighted by Gasteiger charge is -2.27. The second-order valence-electron chi connectivity index (χ2n) is 4.30. The van der Waals surface area contributed by atoms with Crippen LogP contribution in [0.15, 0.2) is 30.6 Å². The van der Waals surface area contributed by atoms with Gasteiger partial charge < -0.3 is 20.3 Å². The SMILES string of the molecule is Nc1cc(Oc2ccc3c(c2)OCCN3C(=O)O)ncn1. The Morgan fingerprint density at radius 1 is 1.38 bits per heavy atom. The molecule has 0 spiro atoms. The summed E-state index contributed by atoms with van der Waals surface area (Å²) in [4.78, 5) is 20.1. The standard InChI is InChI=1S/C13H12N4O4/c14-11-6-12(16-7-15-11)21-8-1-2-9-10(5-8)20-4-3-17(9)13(18)19/h1-2,5-7H,3-4H2,(H,18,19)(H2,14,15,16). The van der Waals surface area contributed by atoms with Gasteiger partial charge in [-0.15, -0.1) is 0 Å². The number of hydrogen-bond acceptors (Lipinski definition) is 6. The minimum Gasteiger partial charge on any atom is -0.489 e. The van der Waals surface area contributed by atoms with E-state index in [-0.39, 0.29) is 0 Å². The number of benzene rings is 1. The third-order valence-electron chi connectivity index (χ3n) is 2.91. The Hall–Kier alpha value is -3.03. The van der Waals surface area contributed by atoms with Crippen LogP contribution in [0.1, 0.15) is 0 Å². The van der Waals surface area contributed by atoms with E-state index in [2.05, 4.69) is 9.97 Å². The first-order chi connectivity index (χ1) is 10.1. The van der Waals surface area contributed by atoms with Gasteiger partial charge in [-0.3, -0.25) is 4.90 Å². The van der Waals surface area contributed by atoms with E-state index in [1.54, 1.807) is 18.2 Å². The van der Waals surface area contributed by atoms with Crippen LogP contribution in [0, 0.1) is 0 Å². The molecule has 8 nitrogen and oxygen atoms in total. The van der Waals surface area contributed by atoms with Gasteiger partial charge in [-0.1, -0.05) is 0 Å². The van der Waals surface area contributed by atoms with Gasteiger partial charge >= 0.3 is 6.09 Å². The Labute approximate surface area is 119 Å². The lowest BCUT2D eigenvalue weighted by Crippen LogP contribution is -2.36. The second-order valence-corrected chi connectivity index (χ2v) is 4.30. The van der Waals surface area contributed by atoms with E-state index in [1.165, 1.54) is 17.3 Å². The van der Waals surface area contributed by atoms with Crippen LogP contribution in [0.2, 0.25) is 0 Å². The van der Waals surface area contributed by atoms with Gasteiger partial charge in [0.15, 0.2) is 0 Å². The zero-order valence-electron chi connectivity index (χ0n) is 10.9. The van der Waals surface area contributed by atoms with Gasteiger partial charge in [-0.2, -0.15) is 0 Å². The van der Waals surface area contributed by atoms with E-state index in [9.17, 15) is 4.79 Å². The van der Waals surface area contributed by atoms with Crippen LogP contribution in [-0.2, 0) is 0 Å². The predicted molar refractivity (Wildman–Crippen MR) is 73.8 cm³/mol. The fourth-order valence-electron chi connectivity index (χ4n) is 1.99. The van der Waals surface area contributed by atoms with Crippen LogP contribution >= 0.6 is 0 Å². The highest BCUT2D eigenvalue weighted by Crippen LogP contribution is 2.36. The molecule has 0 radical (unpaired) electrons. The Bertz CT molecular complexity index is 692. The summed E-state index contributed by atoms with van der Waals surface area (Å²) in [5.74, 6) is 1.52. The normalized spacial score (nSPS) is 13.2. The fraction of sp³-hybridized carbons (Fsp3) is 0.154. The number of nitrogen functional groups attached to an aromatic ring is 1. The highest BCUT2D eigenvalue weighted by Gasteiger charge is 2.23. The average Bonchev–Trinajstić information content (AvgIpc) is 2.46. The van der Waals surface area contributed by atoms with Gasteiger partial charge in [-0.25, -0.2) is 14.8 Å². The van der Waals surface area contributed by atoms with Crippen molar-refractivity contribution in [1.29, 1.82) is 0 Å². The molecule has 0 atom stereocenters. The van der Waals surface area contributed by atoms with Crippen molar-refractivity contribution in [3.8, 4) is 17.4 Å². The van der Waals surface area contributed by atoms with Crippen LogP contribution in [-0.4, -0.2) is 34.3 Å². The molecule has 1 aliphatic rings. The number of rotatable bonds is 2.